The van der Waals surface area contributed by atoms with Crippen LogP contribution < -0.4 is 10.6 Å². The minimum atomic E-state index is -0.109. The molecule has 6 heteroatoms. The molecular weight excluding hydrogens is 218 g/mol. The first-order valence-electron chi connectivity index (χ1n) is 5.94. The van der Waals surface area contributed by atoms with Crippen LogP contribution in [0.25, 0.3) is 0 Å². The minimum absolute atomic E-state index is 0.0608. The minimum Gasteiger partial charge on any atom is -0.346 e. The molecular formula is C11H19N5O. The molecule has 0 spiro atoms. The first-order valence-corrected chi connectivity index (χ1v) is 5.94. The van der Waals surface area contributed by atoms with Crippen LogP contribution in [0.15, 0.2) is 6.33 Å². The number of hydrogen-bond acceptors (Lipinski definition) is 4. The summed E-state index contributed by atoms with van der Waals surface area (Å²) in [6, 6.07) is -0.109. The standard InChI is InChI=1S/C11H19N5O/c1-7-4-12-5-9(7)11(17)14-8(2)10-15-13-6-16(10)3/h6-9,12H,4-5H2,1-3H3,(H,14,17)/t7-,8?,9-/m1/s1. The summed E-state index contributed by atoms with van der Waals surface area (Å²) in [5.74, 6) is 1.32. The molecule has 2 heterocycles. The summed E-state index contributed by atoms with van der Waals surface area (Å²) in [4.78, 5) is 12.1. The van der Waals surface area contributed by atoms with Gasteiger partial charge >= 0.3 is 0 Å². The van der Waals surface area contributed by atoms with Crippen LogP contribution >= 0.6 is 0 Å². The van der Waals surface area contributed by atoms with Gasteiger partial charge < -0.3 is 15.2 Å². The van der Waals surface area contributed by atoms with Crippen molar-refractivity contribution < 1.29 is 4.79 Å². The molecule has 1 amide bonds. The molecule has 0 bridgehead atoms. The van der Waals surface area contributed by atoms with Gasteiger partial charge in [0.2, 0.25) is 5.91 Å². The fraction of sp³-hybridized carbons (Fsp3) is 0.727. The molecule has 17 heavy (non-hydrogen) atoms. The van der Waals surface area contributed by atoms with Gasteiger partial charge in [0.15, 0.2) is 5.82 Å². The number of carbonyl (C=O) groups is 1. The Kier molecular flexibility index (Phi) is 3.42. The second kappa shape index (κ2) is 4.83. The first kappa shape index (κ1) is 12.0. The number of nitrogens with zero attached hydrogens (tertiary/aromatic N) is 3. The highest BCUT2D eigenvalue weighted by molar-refractivity contribution is 5.79. The lowest BCUT2D eigenvalue weighted by Crippen LogP contribution is -2.36. The molecule has 1 aliphatic rings. The van der Waals surface area contributed by atoms with Gasteiger partial charge in [0.05, 0.1) is 12.0 Å². The molecule has 2 rings (SSSR count). The Labute approximate surface area is 101 Å². The highest BCUT2D eigenvalue weighted by Crippen LogP contribution is 2.17. The van der Waals surface area contributed by atoms with E-state index in [-0.39, 0.29) is 17.9 Å². The predicted molar refractivity (Wildman–Crippen MR) is 63.1 cm³/mol. The van der Waals surface area contributed by atoms with Crippen LogP contribution in [0.5, 0.6) is 0 Å². The summed E-state index contributed by atoms with van der Waals surface area (Å²) < 4.78 is 1.82. The molecule has 1 aromatic rings. The maximum atomic E-state index is 12.1. The van der Waals surface area contributed by atoms with E-state index in [1.54, 1.807) is 6.33 Å². The summed E-state index contributed by atoms with van der Waals surface area (Å²) >= 11 is 0. The second-order valence-electron chi connectivity index (χ2n) is 4.77. The third-order valence-electron chi connectivity index (χ3n) is 3.35. The molecule has 0 saturated carbocycles. The predicted octanol–water partition coefficient (Wildman–Crippen LogP) is -0.152. The number of aromatic nitrogens is 3. The Bertz CT molecular complexity index is 402. The van der Waals surface area contributed by atoms with Crippen molar-refractivity contribution in [3.63, 3.8) is 0 Å². The zero-order chi connectivity index (χ0) is 12.4. The van der Waals surface area contributed by atoms with E-state index >= 15 is 0 Å². The molecule has 1 aliphatic heterocycles. The topological polar surface area (TPSA) is 71.8 Å². The van der Waals surface area contributed by atoms with Crippen molar-refractivity contribution >= 4 is 5.91 Å². The lowest BCUT2D eigenvalue weighted by atomic mass is 9.97. The third-order valence-corrected chi connectivity index (χ3v) is 3.35. The van der Waals surface area contributed by atoms with Gasteiger partial charge in [0, 0.05) is 13.6 Å². The normalized spacial score (nSPS) is 25.8. The Hall–Kier alpha value is -1.43. The number of carbonyl (C=O) groups excluding carboxylic acids is 1. The van der Waals surface area contributed by atoms with Crippen LogP contribution in [0.4, 0.5) is 0 Å². The van der Waals surface area contributed by atoms with Gasteiger partial charge in [-0.3, -0.25) is 4.79 Å². The Morgan fingerprint density at radius 2 is 2.41 bits per heavy atom. The third kappa shape index (κ3) is 2.46. The number of amides is 1. The molecule has 6 nitrogen and oxygen atoms in total. The fourth-order valence-electron chi connectivity index (χ4n) is 2.23. The smallest absolute Gasteiger partial charge is 0.225 e. The zero-order valence-corrected chi connectivity index (χ0v) is 10.5. The van der Waals surface area contributed by atoms with Crippen LogP contribution in [0.2, 0.25) is 0 Å². The highest BCUT2D eigenvalue weighted by Gasteiger charge is 2.30. The van der Waals surface area contributed by atoms with Crippen molar-refractivity contribution in [2.45, 2.75) is 19.9 Å². The Balaban J connectivity index is 1.97. The molecule has 0 radical (unpaired) electrons. The molecule has 1 saturated heterocycles. The van der Waals surface area contributed by atoms with Crippen LogP contribution in [0.1, 0.15) is 25.7 Å². The largest absolute Gasteiger partial charge is 0.346 e. The van der Waals surface area contributed by atoms with Gasteiger partial charge in [-0.1, -0.05) is 6.92 Å². The second-order valence-corrected chi connectivity index (χ2v) is 4.77. The van der Waals surface area contributed by atoms with E-state index < -0.39 is 0 Å². The quantitative estimate of drug-likeness (QED) is 0.767. The summed E-state index contributed by atoms with van der Waals surface area (Å²) in [5, 5.41) is 14.0. The van der Waals surface area contributed by atoms with Gasteiger partial charge in [-0.2, -0.15) is 0 Å². The molecule has 3 atom stereocenters. The molecule has 2 N–H and O–H groups in total. The average Bonchev–Trinajstić information content (AvgIpc) is 2.86. The van der Waals surface area contributed by atoms with Crippen molar-refractivity contribution in [2.24, 2.45) is 18.9 Å². The van der Waals surface area contributed by atoms with E-state index in [1.165, 1.54) is 0 Å². The number of hydrogen-bond donors (Lipinski definition) is 2. The van der Waals surface area contributed by atoms with Gasteiger partial charge in [-0.05, 0) is 19.4 Å². The number of nitrogens with one attached hydrogen (secondary N) is 2. The van der Waals surface area contributed by atoms with Crippen molar-refractivity contribution in [3.8, 4) is 0 Å². The van der Waals surface area contributed by atoms with Gasteiger partial charge in [0.25, 0.3) is 0 Å². The van der Waals surface area contributed by atoms with Crippen molar-refractivity contribution in [2.75, 3.05) is 13.1 Å². The van der Waals surface area contributed by atoms with E-state index in [1.807, 2.05) is 18.5 Å². The lowest BCUT2D eigenvalue weighted by molar-refractivity contribution is -0.126. The summed E-state index contributed by atoms with van der Waals surface area (Å²) in [5.41, 5.74) is 0. The maximum absolute atomic E-state index is 12.1. The van der Waals surface area contributed by atoms with E-state index in [0.29, 0.717) is 5.92 Å². The average molecular weight is 237 g/mol. The monoisotopic (exact) mass is 237 g/mol. The van der Waals surface area contributed by atoms with Crippen molar-refractivity contribution in [1.29, 1.82) is 0 Å². The molecule has 94 valence electrons. The lowest BCUT2D eigenvalue weighted by Gasteiger charge is -2.18. The summed E-state index contributed by atoms with van der Waals surface area (Å²) in [6.07, 6.45) is 1.64. The van der Waals surface area contributed by atoms with Crippen LogP contribution in [-0.2, 0) is 11.8 Å². The van der Waals surface area contributed by atoms with Crippen LogP contribution in [0.3, 0.4) is 0 Å². The molecule has 1 fully saturated rings. The fourth-order valence-corrected chi connectivity index (χ4v) is 2.23. The van der Waals surface area contributed by atoms with E-state index in [0.717, 1.165) is 18.9 Å². The SMILES string of the molecule is CC(NC(=O)[C@@H]1CNC[C@H]1C)c1nncn1C. The van der Waals surface area contributed by atoms with E-state index in [2.05, 4.69) is 27.8 Å². The van der Waals surface area contributed by atoms with Gasteiger partial charge in [-0.25, -0.2) is 0 Å². The van der Waals surface area contributed by atoms with E-state index in [4.69, 9.17) is 0 Å². The first-order chi connectivity index (χ1) is 8.09. The molecule has 0 aliphatic carbocycles. The zero-order valence-electron chi connectivity index (χ0n) is 10.5. The maximum Gasteiger partial charge on any atom is 0.225 e. The molecule has 1 aromatic heterocycles. The van der Waals surface area contributed by atoms with Crippen molar-refractivity contribution in [3.05, 3.63) is 12.2 Å². The molecule has 1 unspecified atom stereocenters. The summed E-state index contributed by atoms with van der Waals surface area (Å²) in [7, 11) is 1.87. The Morgan fingerprint density at radius 1 is 1.65 bits per heavy atom. The van der Waals surface area contributed by atoms with Crippen molar-refractivity contribution in [1.82, 2.24) is 25.4 Å². The van der Waals surface area contributed by atoms with Gasteiger partial charge in [-0.15, -0.1) is 10.2 Å². The van der Waals surface area contributed by atoms with Crippen LogP contribution in [-0.4, -0.2) is 33.8 Å². The van der Waals surface area contributed by atoms with Gasteiger partial charge in [0.1, 0.15) is 6.33 Å². The Morgan fingerprint density at radius 3 is 2.94 bits per heavy atom. The van der Waals surface area contributed by atoms with Crippen LogP contribution in [0, 0.1) is 11.8 Å². The summed E-state index contributed by atoms with van der Waals surface area (Å²) in [6.45, 7) is 5.70. The molecule has 0 aromatic carbocycles. The number of rotatable bonds is 3. The number of aryl methyl sites for hydroxylation is 1. The highest BCUT2D eigenvalue weighted by atomic mass is 16.2. The van der Waals surface area contributed by atoms with E-state index in [9.17, 15) is 4.79 Å².